The molecule has 3 heteroatoms. The summed E-state index contributed by atoms with van der Waals surface area (Å²) in [5.41, 5.74) is 4.51. The third kappa shape index (κ3) is 2.94. The minimum atomic E-state index is -0.499. The van der Waals surface area contributed by atoms with Crippen molar-refractivity contribution in [1.29, 1.82) is 0 Å². The molecule has 1 aliphatic heterocycles. The number of hydrogen-bond acceptors (Lipinski definition) is 2. The Balaban J connectivity index is 1.63. The van der Waals surface area contributed by atoms with Gasteiger partial charge in [0.05, 0.1) is 6.10 Å². The lowest BCUT2D eigenvalue weighted by Gasteiger charge is -2.32. The van der Waals surface area contributed by atoms with Crippen LogP contribution in [0.25, 0.3) is 11.1 Å². The molecule has 0 bridgehead atoms. The van der Waals surface area contributed by atoms with Gasteiger partial charge in [-0.05, 0) is 35.7 Å². The average molecular weight is 329 g/mol. The van der Waals surface area contributed by atoms with E-state index in [0.717, 1.165) is 22.4 Å². The molecular weight excluding hydrogens is 310 g/mol. The Morgan fingerprint density at radius 3 is 2.24 bits per heavy atom. The second-order valence-electron chi connectivity index (χ2n) is 6.26. The van der Waals surface area contributed by atoms with Gasteiger partial charge in [-0.15, -0.1) is 0 Å². The fraction of sp³-hybridized carbons (Fsp3) is 0.136. The van der Waals surface area contributed by atoms with E-state index in [1.807, 2.05) is 66.7 Å². The molecule has 1 aliphatic rings. The number of rotatable bonds is 2. The Hall–Kier alpha value is -2.91. The van der Waals surface area contributed by atoms with Gasteiger partial charge in [0.15, 0.2) is 0 Å². The maximum absolute atomic E-state index is 13.0. The van der Waals surface area contributed by atoms with Crippen LogP contribution in [0.1, 0.15) is 28.4 Å². The van der Waals surface area contributed by atoms with Crippen LogP contribution in [0.4, 0.5) is 5.69 Å². The molecule has 0 saturated heterocycles. The summed E-state index contributed by atoms with van der Waals surface area (Å²) in [4.78, 5) is 14.7. The van der Waals surface area contributed by atoms with Gasteiger partial charge in [0.2, 0.25) is 0 Å². The predicted molar refractivity (Wildman–Crippen MR) is 99.6 cm³/mol. The summed E-state index contributed by atoms with van der Waals surface area (Å²) in [6.07, 6.45) is 0.0610. The normalized spacial score (nSPS) is 16.4. The van der Waals surface area contributed by atoms with E-state index in [9.17, 15) is 9.90 Å². The molecule has 0 fully saturated rings. The molecule has 1 N–H and O–H groups in total. The minimum absolute atomic E-state index is 0.0287. The number of hydrogen-bond donors (Lipinski definition) is 1. The van der Waals surface area contributed by atoms with Gasteiger partial charge < -0.3 is 10.0 Å². The quantitative estimate of drug-likeness (QED) is 0.755. The molecule has 1 amide bonds. The molecule has 0 aliphatic carbocycles. The van der Waals surface area contributed by atoms with Crippen LogP contribution in [0.15, 0.2) is 78.9 Å². The van der Waals surface area contributed by atoms with E-state index >= 15 is 0 Å². The predicted octanol–water partition coefficient (Wildman–Crippen LogP) is 4.44. The highest BCUT2D eigenvalue weighted by atomic mass is 16.3. The van der Waals surface area contributed by atoms with Crippen molar-refractivity contribution in [1.82, 2.24) is 0 Å². The zero-order valence-corrected chi connectivity index (χ0v) is 13.8. The van der Waals surface area contributed by atoms with E-state index < -0.39 is 6.10 Å². The van der Waals surface area contributed by atoms with E-state index in [4.69, 9.17) is 0 Å². The van der Waals surface area contributed by atoms with Crippen LogP contribution in [-0.4, -0.2) is 17.6 Å². The van der Waals surface area contributed by atoms with Gasteiger partial charge in [-0.1, -0.05) is 60.7 Å². The van der Waals surface area contributed by atoms with Crippen molar-refractivity contribution in [2.75, 3.05) is 11.4 Å². The average Bonchev–Trinajstić information content (AvgIpc) is 2.69. The number of amides is 1. The molecule has 25 heavy (non-hydrogen) atoms. The molecule has 1 heterocycles. The fourth-order valence-corrected chi connectivity index (χ4v) is 3.35. The molecule has 3 nitrogen and oxygen atoms in total. The monoisotopic (exact) mass is 329 g/mol. The molecule has 0 aromatic heterocycles. The second-order valence-corrected chi connectivity index (χ2v) is 6.26. The van der Waals surface area contributed by atoms with Crippen LogP contribution < -0.4 is 4.90 Å². The zero-order chi connectivity index (χ0) is 17.2. The lowest BCUT2D eigenvalue weighted by Crippen LogP contribution is -2.36. The Morgan fingerprint density at radius 1 is 0.840 bits per heavy atom. The number of aliphatic hydroxyl groups excluding tert-OH is 1. The van der Waals surface area contributed by atoms with Crippen LogP contribution in [0.5, 0.6) is 0 Å². The highest BCUT2D eigenvalue weighted by Crippen LogP contribution is 2.34. The van der Waals surface area contributed by atoms with Gasteiger partial charge in [0, 0.05) is 23.4 Å². The van der Waals surface area contributed by atoms with Crippen molar-refractivity contribution < 1.29 is 9.90 Å². The summed E-state index contributed by atoms with van der Waals surface area (Å²) < 4.78 is 0. The maximum atomic E-state index is 13.0. The van der Waals surface area contributed by atoms with Crippen molar-refractivity contribution in [2.45, 2.75) is 12.5 Å². The van der Waals surface area contributed by atoms with Gasteiger partial charge in [-0.2, -0.15) is 0 Å². The molecule has 124 valence electrons. The van der Waals surface area contributed by atoms with Crippen molar-refractivity contribution in [3.63, 3.8) is 0 Å². The number of anilines is 1. The largest absolute Gasteiger partial charge is 0.388 e. The van der Waals surface area contributed by atoms with Crippen LogP contribution in [0, 0.1) is 0 Å². The first kappa shape index (κ1) is 15.6. The van der Waals surface area contributed by atoms with Gasteiger partial charge in [0.25, 0.3) is 5.91 Å². The molecule has 0 radical (unpaired) electrons. The Bertz CT molecular complexity index is 887. The number of benzene rings is 3. The summed E-state index contributed by atoms with van der Waals surface area (Å²) in [7, 11) is 0. The van der Waals surface area contributed by atoms with Gasteiger partial charge >= 0.3 is 0 Å². The molecule has 4 rings (SSSR count). The molecule has 3 aromatic rings. The summed E-state index contributed by atoms with van der Waals surface area (Å²) in [5.74, 6) is -0.0287. The van der Waals surface area contributed by atoms with Gasteiger partial charge in [-0.25, -0.2) is 0 Å². The van der Waals surface area contributed by atoms with Crippen molar-refractivity contribution in [3.8, 4) is 11.1 Å². The van der Waals surface area contributed by atoms with Crippen LogP contribution >= 0.6 is 0 Å². The first-order valence-electron chi connectivity index (χ1n) is 8.48. The van der Waals surface area contributed by atoms with Crippen LogP contribution in [0.2, 0.25) is 0 Å². The third-order valence-electron chi connectivity index (χ3n) is 4.70. The number of para-hydroxylation sites is 1. The summed E-state index contributed by atoms with van der Waals surface area (Å²) in [6, 6.07) is 25.4. The number of carbonyl (C=O) groups excluding carboxylic acids is 1. The van der Waals surface area contributed by atoms with Crippen molar-refractivity contribution in [2.24, 2.45) is 0 Å². The lowest BCUT2D eigenvalue weighted by atomic mass is 9.97. The SMILES string of the molecule is O=C(c1ccc(-c2ccccc2)cc1)N1CCC(O)c2ccccc21. The second kappa shape index (κ2) is 6.54. The van der Waals surface area contributed by atoms with Crippen LogP contribution in [0.3, 0.4) is 0 Å². The van der Waals surface area contributed by atoms with E-state index in [1.165, 1.54) is 0 Å². The van der Waals surface area contributed by atoms with Crippen LogP contribution in [-0.2, 0) is 0 Å². The standard InChI is InChI=1S/C22H19NO2/c24-21-14-15-23(20-9-5-4-8-19(20)21)22(25)18-12-10-17(11-13-18)16-6-2-1-3-7-16/h1-13,21,24H,14-15H2. The molecular formula is C22H19NO2. The highest BCUT2D eigenvalue weighted by Gasteiger charge is 2.27. The summed E-state index contributed by atoms with van der Waals surface area (Å²) in [6.45, 7) is 0.525. The number of nitrogens with zero attached hydrogens (tertiary/aromatic N) is 1. The first-order valence-corrected chi connectivity index (χ1v) is 8.48. The summed E-state index contributed by atoms with van der Waals surface area (Å²) >= 11 is 0. The maximum Gasteiger partial charge on any atom is 0.258 e. The Kier molecular flexibility index (Phi) is 4.08. The van der Waals surface area contributed by atoms with E-state index in [-0.39, 0.29) is 5.91 Å². The number of aliphatic hydroxyl groups is 1. The zero-order valence-electron chi connectivity index (χ0n) is 13.8. The lowest BCUT2D eigenvalue weighted by molar-refractivity contribution is 0.0970. The minimum Gasteiger partial charge on any atom is -0.388 e. The fourth-order valence-electron chi connectivity index (χ4n) is 3.35. The van der Waals surface area contributed by atoms with E-state index in [0.29, 0.717) is 18.5 Å². The van der Waals surface area contributed by atoms with Gasteiger partial charge in [-0.3, -0.25) is 4.79 Å². The third-order valence-corrected chi connectivity index (χ3v) is 4.70. The number of fused-ring (bicyclic) bond motifs is 1. The Morgan fingerprint density at radius 2 is 1.48 bits per heavy atom. The van der Waals surface area contributed by atoms with Gasteiger partial charge in [0.1, 0.15) is 0 Å². The summed E-state index contributed by atoms with van der Waals surface area (Å²) in [5, 5.41) is 10.2. The smallest absolute Gasteiger partial charge is 0.258 e. The molecule has 0 spiro atoms. The number of carbonyl (C=O) groups is 1. The molecule has 1 unspecified atom stereocenters. The Labute approximate surface area is 147 Å². The molecule has 0 saturated carbocycles. The first-order chi connectivity index (χ1) is 12.2. The van der Waals surface area contributed by atoms with Crippen molar-refractivity contribution in [3.05, 3.63) is 90.0 Å². The van der Waals surface area contributed by atoms with Crippen molar-refractivity contribution >= 4 is 11.6 Å². The molecule has 3 aromatic carbocycles. The van der Waals surface area contributed by atoms with E-state index in [2.05, 4.69) is 12.1 Å². The topological polar surface area (TPSA) is 40.5 Å². The highest BCUT2D eigenvalue weighted by molar-refractivity contribution is 6.07. The van der Waals surface area contributed by atoms with E-state index in [1.54, 1.807) is 4.90 Å². The molecule has 1 atom stereocenters.